The third kappa shape index (κ3) is 2.34. The van der Waals surface area contributed by atoms with Crippen molar-refractivity contribution in [3.05, 3.63) is 28.3 Å². The monoisotopic (exact) mass is 229 g/mol. The lowest BCUT2D eigenvalue weighted by Gasteiger charge is -2.01. The van der Waals surface area contributed by atoms with Crippen molar-refractivity contribution < 1.29 is 13.3 Å². The van der Waals surface area contributed by atoms with E-state index in [9.17, 15) is 18.5 Å². The predicted molar refractivity (Wildman–Crippen MR) is 51.0 cm³/mol. The van der Waals surface area contributed by atoms with Gasteiger partial charge in [-0.1, -0.05) is 0 Å². The Morgan fingerprint density at radius 1 is 1.47 bits per heavy atom. The molecule has 0 aliphatic heterocycles. The van der Waals surface area contributed by atoms with Gasteiger partial charge in [-0.2, -0.15) is 5.11 Å². The average molecular weight is 229 g/mol. The van der Waals surface area contributed by atoms with E-state index in [4.69, 9.17) is 5.53 Å². The highest BCUT2D eigenvalue weighted by Gasteiger charge is 2.17. The Balaban J connectivity index is 3.52. The molecule has 1 N–H and O–H groups in total. The zero-order valence-corrected chi connectivity index (χ0v) is 8.48. The maximum Gasteiger partial charge on any atom is 0.270 e. The van der Waals surface area contributed by atoms with Gasteiger partial charge < -0.3 is 0 Å². The van der Waals surface area contributed by atoms with E-state index in [2.05, 4.69) is 5.11 Å². The van der Waals surface area contributed by atoms with Gasteiger partial charge in [0.15, 0.2) is 9.84 Å². The summed E-state index contributed by atoms with van der Waals surface area (Å²) in [5, 5.41) is 13.4. The third-order valence-corrected chi connectivity index (χ3v) is 2.80. The van der Waals surface area contributed by atoms with Crippen molar-refractivity contribution in [2.45, 2.75) is 4.90 Å². The smallest absolute Gasteiger partial charge is 0.258 e. The number of sulfone groups is 1. The van der Waals surface area contributed by atoms with E-state index in [0.29, 0.717) is 0 Å². The van der Waals surface area contributed by atoms with Gasteiger partial charge in [0, 0.05) is 18.4 Å². The molecule has 0 spiro atoms. The van der Waals surface area contributed by atoms with Gasteiger partial charge in [-0.05, 0) is 6.07 Å². The molecule has 7 nitrogen and oxygen atoms in total. The summed E-state index contributed by atoms with van der Waals surface area (Å²) in [5.74, 6) is 0. The molecule has 15 heavy (non-hydrogen) atoms. The molecule has 8 heteroatoms. The van der Waals surface area contributed by atoms with Gasteiger partial charge in [-0.15, -0.1) is 0 Å². The van der Waals surface area contributed by atoms with Crippen LogP contribution in [0.4, 0.5) is 11.4 Å². The highest BCUT2D eigenvalue weighted by Crippen LogP contribution is 2.28. The Hall–Kier alpha value is -1.83. The molecule has 0 aromatic heterocycles. The molecular weight excluding hydrogens is 222 g/mol. The number of nitrogens with one attached hydrogen (secondary N) is 1. The molecule has 0 bridgehead atoms. The largest absolute Gasteiger partial charge is 0.270 e. The standard InChI is InChI=1S/C7H7N3O4S/c1-15(13,14)7-4-5(10(11)12)2-3-6(7)9-8/h2-4,8H,1H3. The number of benzene rings is 1. The van der Waals surface area contributed by atoms with Crippen LogP contribution in [0.5, 0.6) is 0 Å². The molecule has 0 heterocycles. The third-order valence-electron chi connectivity index (χ3n) is 1.67. The summed E-state index contributed by atoms with van der Waals surface area (Å²) in [6.07, 6.45) is 0.904. The molecule has 0 aliphatic rings. The number of nitro benzene ring substituents is 1. The first kappa shape index (κ1) is 11.2. The van der Waals surface area contributed by atoms with E-state index in [1.54, 1.807) is 0 Å². The van der Waals surface area contributed by atoms with E-state index in [1.807, 2.05) is 0 Å². The number of nitro groups is 1. The van der Waals surface area contributed by atoms with Gasteiger partial charge in [0.25, 0.3) is 5.69 Å². The Kier molecular flexibility index (Phi) is 2.80. The Labute approximate surface area is 85.3 Å². The second-order valence-corrected chi connectivity index (χ2v) is 4.78. The maximum absolute atomic E-state index is 11.2. The quantitative estimate of drug-likeness (QED) is 0.482. The highest BCUT2D eigenvalue weighted by atomic mass is 32.2. The number of hydrogen-bond acceptors (Lipinski definition) is 6. The van der Waals surface area contributed by atoms with Crippen LogP contribution in [-0.4, -0.2) is 19.6 Å². The van der Waals surface area contributed by atoms with E-state index in [-0.39, 0.29) is 16.3 Å². The second-order valence-electron chi connectivity index (χ2n) is 2.79. The summed E-state index contributed by atoms with van der Waals surface area (Å²) in [6.45, 7) is 0. The SMILES string of the molecule is CS(=O)(=O)c1cc([N+](=O)[O-])ccc1N=N. The molecule has 1 rings (SSSR count). The summed E-state index contributed by atoms with van der Waals surface area (Å²) >= 11 is 0. The van der Waals surface area contributed by atoms with E-state index >= 15 is 0 Å². The Morgan fingerprint density at radius 3 is 2.47 bits per heavy atom. The normalized spacial score (nSPS) is 11.0. The number of nitrogens with zero attached hydrogens (tertiary/aromatic N) is 2. The van der Waals surface area contributed by atoms with Crippen molar-refractivity contribution in [3.63, 3.8) is 0 Å². The molecule has 80 valence electrons. The van der Waals surface area contributed by atoms with Gasteiger partial charge in [0.05, 0.1) is 4.92 Å². The fourth-order valence-electron chi connectivity index (χ4n) is 1.01. The molecule has 0 fully saturated rings. The van der Waals surface area contributed by atoms with Crippen LogP contribution in [0, 0.1) is 15.6 Å². The predicted octanol–water partition coefficient (Wildman–Crippen LogP) is 1.66. The van der Waals surface area contributed by atoms with Crippen molar-refractivity contribution in [1.82, 2.24) is 0 Å². The molecule has 0 amide bonds. The van der Waals surface area contributed by atoms with Gasteiger partial charge in [0.1, 0.15) is 10.6 Å². The average Bonchev–Trinajstić information content (AvgIpc) is 2.15. The maximum atomic E-state index is 11.2. The lowest BCUT2D eigenvalue weighted by atomic mass is 10.3. The Morgan fingerprint density at radius 2 is 2.07 bits per heavy atom. The lowest BCUT2D eigenvalue weighted by molar-refractivity contribution is -0.385. The molecule has 0 saturated carbocycles. The highest BCUT2D eigenvalue weighted by molar-refractivity contribution is 7.90. The minimum atomic E-state index is -3.62. The van der Waals surface area contributed by atoms with Crippen LogP contribution in [-0.2, 0) is 9.84 Å². The molecule has 0 saturated heterocycles. The van der Waals surface area contributed by atoms with Crippen molar-refractivity contribution in [2.24, 2.45) is 5.11 Å². The molecule has 0 atom stereocenters. The first-order chi connectivity index (χ1) is 6.86. The van der Waals surface area contributed by atoms with E-state index < -0.39 is 14.8 Å². The van der Waals surface area contributed by atoms with Crippen molar-refractivity contribution in [2.75, 3.05) is 6.26 Å². The van der Waals surface area contributed by atoms with E-state index in [1.165, 1.54) is 0 Å². The zero-order chi connectivity index (χ0) is 11.6. The first-order valence-corrected chi connectivity index (χ1v) is 5.61. The van der Waals surface area contributed by atoms with Crippen LogP contribution in [0.1, 0.15) is 0 Å². The van der Waals surface area contributed by atoms with Crippen LogP contribution in [0.2, 0.25) is 0 Å². The molecule has 1 aromatic carbocycles. The van der Waals surface area contributed by atoms with Crippen LogP contribution in [0.25, 0.3) is 0 Å². The molecule has 1 aromatic rings. The summed E-state index contributed by atoms with van der Waals surface area (Å²) in [6, 6.07) is 3.12. The second kappa shape index (κ2) is 3.73. The molecule has 0 radical (unpaired) electrons. The van der Waals surface area contributed by atoms with Crippen LogP contribution in [0.3, 0.4) is 0 Å². The van der Waals surface area contributed by atoms with Gasteiger partial charge in [-0.3, -0.25) is 10.1 Å². The molecule has 0 aliphatic carbocycles. The fraction of sp³-hybridized carbons (Fsp3) is 0.143. The zero-order valence-electron chi connectivity index (χ0n) is 7.67. The number of rotatable bonds is 3. The lowest BCUT2D eigenvalue weighted by Crippen LogP contribution is -1.99. The fourth-order valence-corrected chi connectivity index (χ4v) is 1.83. The molecule has 0 unspecified atom stereocenters. The van der Waals surface area contributed by atoms with Crippen molar-refractivity contribution in [3.8, 4) is 0 Å². The number of hydrogen-bond donors (Lipinski definition) is 1. The first-order valence-electron chi connectivity index (χ1n) is 3.72. The van der Waals surface area contributed by atoms with Gasteiger partial charge >= 0.3 is 0 Å². The van der Waals surface area contributed by atoms with Crippen LogP contribution >= 0.6 is 0 Å². The topological polar surface area (TPSA) is 113 Å². The summed E-state index contributed by atoms with van der Waals surface area (Å²) in [5.41, 5.74) is 6.28. The summed E-state index contributed by atoms with van der Waals surface area (Å²) < 4.78 is 22.4. The minimum absolute atomic E-state index is 0.108. The van der Waals surface area contributed by atoms with Gasteiger partial charge in [-0.25, -0.2) is 13.9 Å². The minimum Gasteiger partial charge on any atom is -0.258 e. The van der Waals surface area contributed by atoms with Crippen molar-refractivity contribution >= 4 is 21.2 Å². The Bertz CT molecular complexity index is 523. The van der Waals surface area contributed by atoms with Gasteiger partial charge in [0.2, 0.25) is 0 Å². The van der Waals surface area contributed by atoms with E-state index in [0.717, 1.165) is 24.5 Å². The van der Waals surface area contributed by atoms with Crippen molar-refractivity contribution in [1.29, 1.82) is 5.53 Å². The molecular formula is C7H7N3O4S. The van der Waals surface area contributed by atoms with Crippen LogP contribution in [0.15, 0.2) is 28.2 Å². The van der Waals surface area contributed by atoms with Crippen LogP contribution < -0.4 is 0 Å². The summed E-state index contributed by atoms with van der Waals surface area (Å²) in [4.78, 5) is 9.39. The number of non-ortho nitro benzene ring substituents is 1. The summed E-state index contributed by atoms with van der Waals surface area (Å²) in [7, 11) is -3.62.